The van der Waals surface area contributed by atoms with E-state index in [-0.39, 0.29) is 22.9 Å². The van der Waals surface area contributed by atoms with Crippen LogP contribution in [0.25, 0.3) is 11.3 Å². The molecule has 6 nitrogen and oxygen atoms in total. The topological polar surface area (TPSA) is 81.5 Å². The van der Waals surface area contributed by atoms with Crippen LogP contribution in [0.4, 0.5) is 19.0 Å². The molecular weight excluding hydrogens is 361 g/mol. The Kier molecular flexibility index (Phi) is 5.25. The van der Waals surface area contributed by atoms with Crippen molar-refractivity contribution in [2.45, 2.75) is 31.7 Å². The fourth-order valence-corrected chi connectivity index (χ4v) is 3.41. The van der Waals surface area contributed by atoms with Crippen molar-refractivity contribution in [1.29, 1.82) is 0 Å². The van der Waals surface area contributed by atoms with Gasteiger partial charge in [-0.2, -0.15) is 13.2 Å². The molecule has 1 fully saturated rings. The highest BCUT2D eigenvalue weighted by Crippen LogP contribution is 2.38. The standard InChI is InChI=1S/C18H21F3N4O2/c1-10-5-11(18(19,20)21)6-15(27)17(10)14-3-4-16(24-23-14)22-12-7-13(26)9-25(2)8-12/h3-6,12-13,26-27H,7-9H2,1-2H3,(H,22,24)/t12-,13-/m0/s1. The number of hydrogen-bond donors (Lipinski definition) is 3. The van der Waals surface area contributed by atoms with E-state index in [0.29, 0.717) is 24.8 Å². The van der Waals surface area contributed by atoms with E-state index >= 15 is 0 Å². The molecule has 2 atom stereocenters. The number of aliphatic hydroxyl groups excluding tert-OH is 1. The number of phenolic OH excluding ortho intramolecular Hbond substituents is 1. The van der Waals surface area contributed by atoms with Gasteiger partial charge in [0, 0.05) is 24.7 Å². The molecule has 1 saturated heterocycles. The number of phenols is 1. The molecule has 1 aromatic carbocycles. The lowest BCUT2D eigenvalue weighted by Crippen LogP contribution is -2.46. The van der Waals surface area contributed by atoms with Crippen LogP contribution in [0, 0.1) is 6.92 Å². The van der Waals surface area contributed by atoms with E-state index in [2.05, 4.69) is 15.5 Å². The summed E-state index contributed by atoms with van der Waals surface area (Å²) in [6, 6.07) is 4.92. The van der Waals surface area contributed by atoms with E-state index in [1.807, 2.05) is 11.9 Å². The normalized spacial score (nSPS) is 21.3. The summed E-state index contributed by atoms with van der Waals surface area (Å²) >= 11 is 0. The SMILES string of the molecule is Cc1cc(C(F)(F)F)cc(O)c1-c1ccc(N[C@H]2C[C@H](O)CN(C)C2)nn1. The predicted octanol–water partition coefficient (Wildman–Crippen LogP) is 2.65. The number of likely N-dealkylation sites (N-methyl/N-ethyl adjacent to an activating group) is 1. The van der Waals surface area contributed by atoms with Gasteiger partial charge in [-0.25, -0.2) is 0 Å². The van der Waals surface area contributed by atoms with Gasteiger partial charge in [0.05, 0.1) is 17.4 Å². The first-order chi connectivity index (χ1) is 12.6. The zero-order valence-corrected chi connectivity index (χ0v) is 15.0. The van der Waals surface area contributed by atoms with E-state index in [0.717, 1.165) is 12.6 Å². The number of rotatable bonds is 3. The number of alkyl halides is 3. The Labute approximate surface area is 154 Å². The average molecular weight is 382 g/mol. The number of aromatic nitrogens is 2. The first-order valence-electron chi connectivity index (χ1n) is 8.51. The number of halogens is 3. The molecule has 0 amide bonds. The van der Waals surface area contributed by atoms with Gasteiger partial charge in [-0.1, -0.05) is 0 Å². The largest absolute Gasteiger partial charge is 0.507 e. The Bertz CT molecular complexity index is 778. The average Bonchev–Trinajstić information content (AvgIpc) is 2.54. The minimum Gasteiger partial charge on any atom is -0.507 e. The Morgan fingerprint density at radius 3 is 2.48 bits per heavy atom. The fourth-order valence-electron chi connectivity index (χ4n) is 3.41. The molecule has 1 aliphatic heterocycles. The lowest BCUT2D eigenvalue weighted by Gasteiger charge is -2.33. The molecule has 27 heavy (non-hydrogen) atoms. The van der Waals surface area contributed by atoms with Gasteiger partial charge in [0.25, 0.3) is 0 Å². The van der Waals surface area contributed by atoms with Crippen LogP contribution in [0.5, 0.6) is 5.75 Å². The summed E-state index contributed by atoms with van der Waals surface area (Å²) in [5.41, 5.74) is -0.151. The second-order valence-corrected chi connectivity index (χ2v) is 6.94. The van der Waals surface area contributed by atoms with E-state index < -0.39 is 23.6 Å². The number of aliphatic hydroxyl groups is 1. The highest BCUT2D eigenvalue weighted by atomic mass is 19.4. The maximum absolute atomic E-state index is 12.8. The summed E-state index contributed by atoms with van der Waals surface area (Å²) in [7, 11) is 1.92. The zero-order valence-electron chi connectivity index (χ0n) is 15.0. The van der Waals surface area contributed by atoms with E-state index in [4.69, 9.17) is 0 Å². The molecule has 0 radical (unpaired) electrons. The molecule has 0 spiro atoms. The Balaban J connectivity index is 1.79. The molecule has 1 aromatic heterocycles. The van der Waals surface area contributed by atoms with Gasteiger partial charge in [0.15, 0.2) is 0 Å². The monoisotopic (exact) mass is 382 g/mol. The van der Waals surface area contributed by atoms with Crippen molar-refractivity contribution in [3.8, 4) is 17.0 Å². The highest BCUT2D eigenvalue weighted by molar-refractivity contribution is 5.71. The number of anilines is 1. The van der Waals surface area contributed by atoms with Gasteiger partial charge in [-0.15, -0.1) is 10.2 Å². The number of benzene rings is 1. The van der Waals surface area contributed by atoms with Gasteiger partial charge in [0.1, 0.15) is 11.6 Å². The molecule has 0 bridgehead atoms. The smallest absolute Gasteiger partial charge is 0.416 e. The summed E-state index contributed by atoms with van der Waals surface area (Å²) < 4.78 is 38.5. The highest BCUT2D eigenvalue weighted by Gasteiger charge is 2.32. The molecule has 0 saturated carbocycles. The van der Waals surface area contributed by atoms with Crippen LogP contribution in [0.2, 0.25) is 0 Å². The lowest BCUT2D eigenvalue weighted by molar-refractivity contribution is -0.137. The van der Waals surface area contributed by atoms with Crippen LogP contribution in [-0.4, -0.2) is 57.6 Å². The predicted molar refractivity (Wildman–Crippen MR) is 94.4 cm³/mol. The van der Waals surface area contributed by atoms with E-state index in [9.17, 15) is 23.4 Å². The van der Waals surface area contributed by atoms with E-state index in [1.54, 1.807) is 12.1 Å². The third-order valence-corrected chi connectivity index (χ3v) is 4.53. The number of hydrogen-bond acceptors (Lipinski definition) is 6. The zero-order chi connectivity index (χ0) is 19.8. The summed E-state index contributed by atoms with van der Waals surface area (Å²) in [6.07, 6.45) is -4.36. The fraction of sp³-hybridized carbons (Fsp3) is 0.444. The van der Waals surface area contributed by atoms with Crippen molar-refractivity contribution < 1.29 is 23.4 Å². The van der Waals surface area contributed by atoms with Crippen LogP contribution in [0.1, 0.15) is 17.5 Å². The Morgan fingerprint density at radius 2 is 1.93 bits per heavy atom. The number of likely N-dealkylation sites (tertiary alicyclic amines) is 1. The number of nitrogens with one attached hydrogen (secondary N) is 1. The number of aromatic hydroxyl groups is 1. The number of aryl methyl sites for hydroxylation is 1. The molecular formula is C18H21F3N4O2. The maximum Gasteiger partial charge on any atom is 0.416 e. The Hall–Kier alpha value is -2.39. The van der Waals surface area contributed by atoms with Gasteiger partial charge in [-0.3, -0.25) is 0 Å². The molecule has 0 aliphatic carbocycles. The molecule has 1 aliphatic rings. The van der Waals surface area contributed by atoms with Gasteiger partial charge >= 0.3 is 6.18 Å². The summed E-state index contributed by atoms with van der Waals surface area (Å²) in [6.45, 7) is 2.85. The molecule has 3 N–H and O–H groups in total. The first-order valence-corrected chi connectivity index (χ1v) is 8.51. The number of nitrogens with zero attached hydrogens (tertiary/aromatic N) is 3. The van der Waals surface area contributed by atoms with E-state index in [1.165, 1.54) is 6.92 Å². The quantitative estimate of drug-likeness (QED) is 0.757. The number of piperidine rings is 1. The van der Waals surface area contributed by atoms with Crippen LogP contribution < -0.4 is 5.32 Å². The summed E-state index contributed by atoms with van der Waals surface area (Å²) in [5, 5.41) is 31.2. The third kappa shape index (κ3) is 4.48. The minimum absolute atomic E-state index is 0.0140. The van der Waals surface area contributed by atoms with Crippen LogP contribution in [0.3, 0.4) is 0 Å². The van der Waals surface area contributed by atoms with Crippen LogP contribution >= 0.6 is 0 Å². The van der Waals surface area contributed by atoms with Gasteiger partial charge in [-0.05, 0) is 50.2 Å². The molecule has 0 unspecified atom stereocenters. The van der Waals surface area contributed by atoms with Crippen molar-refractivity contribution in [1.82, 2.24) is 15.1 Å². The lowest BCUT2D eigenvalue weighted by atomic mass is 10.0. The van der Waals surface area contributed by atoms with Crippen molar-refractivity contribution in [2.75, 3.05) is 25.5 Å². The van der Waals surface area contributed by atoms with Crippen molar-refractivity contribution in [3.05, 3.63) is 35.4 Å². The van der Waals surface area contributed by atoms with Gasteiger partial charge < -0.3 is 20.4 Å². The van der Waals surface area contributed by atoms with Crippen LogP contribution in [-0.2, 0) is 6.18 Å². The minimum atomic E-state index is -4.53. The van der Waals surface area contributed by atoms with Crippen molar-refractivity contribution in [3.63, 3.8) is 0 Å². The van der Waals surface area contributed by atoms with Crippen molar-refractivity contribution in [2.24, 2.45) is 0 Å². The molecule has 3 rings (SSSR count). The Morgan fingerprint density at radius 1 is 1.19 bits per heavy atom. The third-order valence-electron chi connectivity index (χ3n) is 4.53. The van der Waals surface area contributed by atoms with Crippen LogP contribution in [0.15, 0.2) is 24.3 Å². The maximum atomic E-state index is 12.8. The molecule has 146 valence electrons. The van der Waals surface area contributed by atoms with Crippen molar-refractivity contribution >= 4 is 5.82 Å². The number of β-amino-alcohol motifs (C(OH)–C–C–N with tert-alkyl or cyclic N) is 1. The van der Waals surface area contributed by atoms with Gasteiger partial charge in [0.2, 0.25) is 0 Å². The molecule has 2 aromatic rings. The molecule has 9 heteroatoms. The summed E-state index contributed by atoms with van der Waals surface area (Å²) in [5.74, 6) is 0.00432. The summed E-state index contributed by atoms with van der Waals surface area (Å²) in [4.78, 5) is 2.01. The first kappa shape index (κ1) is 19.4. The second kappa shape index (κ2) is 7.32. The molecule has 2 heterocycles. The second-order valence-electron chi connectivity index (χ2n) is 6.94.